The first-order valence-corrected chi connectivity index (χ1v) is 10.8. The maximum absolute atomic E-state index is 12.5. The maximum Gasteiger partial charge on any atom is 0.224 e. The SMILES string of the molecule is COc1cccc(Cc2nsc(N3CCCC(C(=O)NCCC(C)C)C3)n2)c1. The van der Waals surface area contributed by atoms with Gasteiger partial charge in [-0.3, -0.25) is 4.79 Å². The van der Waals surface area contributed by atoms with Gasteiger partial charge in [-0.15, -0.1) is 0 Å². The van der Waals surface area contributed by atoms with Crippen molar-refractivity contribution in [3.63, 3.8) is 0 Å². The second-order valence-electron chi connectivity index (χ2n) is 7.78. The lowest BCUT2D eigenvalue weighted by Crippen LogP contribution is -2.43. The molecule has 2 aromatic rings. The summed E-state index contributed by atoms with van der Waals surface area (Å²) in [6.07, 6.45) is 3.65. The standard InChI is InChI=1S/C21H30N4O2S/c1-15(2)9-10-22-20(26)17-7-5-11-25(14-17)21-23-19(24-28-21)13-16-6-4-8-18(12-16)27-3/h4,6,8,12,15,17H,5,7,9-11,13-14H2,1-3H3,(H,22,26). The van der Waals surface area contributed by atoms with E-state index < -0.39 is 0 Å². The zero-order valence-corrected chi connectivity index (χ0v) is 17.8. The number of anilines is 1. The molecule has 1 amide bonds. The van der Waals surface area contributed by atoms with Crippen molar-refractivity contribution in [2.45, 2.75) is 39.5 Å². The van der Waals surface area contributed by atoms with Crippen LogP contribution in [0.1, 0.15) is 44.5 Å². The monoisotopic (exact) mass is 402 g/mol. The molecule has 1 aromatic carbocycles. The fourth-order valence-corrected chi connectivity index (χ4v) is 4.12. The molecule has 1 aliphatic rings. The Morgan fingerprint density at radius 3 is 3.07 bits per heavy atom. The summed E-state index contributed by atoms with van der Waals surface area (Å²) < 4.78 is 9.81. The lowest BCUT2D eigenvalue weighted by molar-refractivity contribution is -0.125. The van der Waals surface area contributed by atoms with Crippen molar-refractivity contribution < 1.29 is 9.53 Å². The molecule has 152 valence electrons. The summed E-state index contributed by atoms with van der Waals surface area (Å²) in [5.74, 6) is 2.47. The van der Waals surface area contributed by atoms with Crippen LogP contribution in [0.25, 0.3) is 0 Å². The minimum Gasteiger partial charge on any atom is -0.497 e. The Balaban J connectivity index is 1.57. The number of nitrogens with zero attached hydrogens (tertiary/aromatic N) is 3. The number of rotatable bonds is 8. The quantitative estimate of drug-likeness (QED) is 0.732. The minimum absolute atomic E-state index is 0.0339. The molecule has 1 atom stereocenters. The molecule has 0 saturated carbocycles. The van der Waals surface area contributed by atoms with E-state index in [4.69, 9.17) is 9.72 Å². The van der Waals surface area contributed by atoms with E-state index in [1.807, 2.05) is 18.2 Å². The molecule has 0 spiro atoms. The normalized spacial score (nSPS) is 17.0. The van der Waals surface area contributed by atoms with E-state index in [1.54, 1.807) is 7.11 Å². The van der Waals surface area contributed by atoms with E-state index in [0.717, 1.165) is 61.2 Å². The predicted octanol–water partition coefficient (Wildman–Crippen LogP) is 3.52. The van der Waals surface area contributed by atoms with E-state index in [2.05, 4.69) is 34.5 Å². The first kappa shape index (κ1) is 20.6. The number of hydrogen-bond acceptors (Lipinski definition) is 6. The van der Waals surface area contributed by atoms with Gasteiger partial charge in [-0.1, -0.05) is 26.0 Å². The van der Waals surface area contributed by atoms with Crippen molar-refractivity contribution in [2.75, 3.05) is 31.6 Å². The van der Waals surface area contributed by atoms with Gasteiger partial charge in [0.05, 0.1) is 13.0 Å². The summed E-state index contributed by atoms with van der Waals surface area (Å²) in [5, 5.41) is 4.01. The third kappa shape index (κ3) is 5.67. The Bertz CT molecular complexity index is 777. The molecule has 7 heteroatoms. The number of nitrogens with one attached hydrogen (secondary N) is 1. The topological polar surface area (TPSA) is 67.3 Å². The Morgan fingerprint density at radius 1 is 1.43 bits per heavy atom. The molecule has 2 heterocycles. The van der Waals surface area contributed by atoms with Crippen LogP contribution < -0.4 is 15.0 Å². The molecule has 1 saturated heterocycles. The van der Waals surface area contributed by atoms with Gasteiger partial charge in [0, 0.05) is 37.6 Å². The molecule has 1 aromatic heterocycles. The van der Waals surface area contributed by atoms with Crippen LogP contribution in [0.15, 0.2) is 24.3 Å². The van der Waals surface area contributed by atoms with E-state index in [1.165, 1.54) is 11.5 Å². The van der Waals surface area contributed by atoms with E-state index in [-0.39, 0.29) is 11.8 Å². The van der Waals surface area contributed by atoms with Crippen LogP contribution in [0.2, 0.25) is 0 Å². The maximum atomic E-state index is 12.5. The first-order valence-electron chi connectivity index (χ1n) is 10.0. The molecule has 0 aliphatic carbocycles. The fourth-order valence-electron chi connectivity index (χ4n) is 3.40. The Hall–Kier alpha value is -2.15. The smallest absolute Gasteiger partial charge is 0.224 e. The number of hydrogen-bond donors (Lipinski definition) is 1. The third-order valence-electron chi connectivity index (χ3n) is 5.04. The molecule has 0 radical (unpaired) electrons. The van der Waals surface area contributed by atoms with Crippen LogP contribution in [-0.4, -0.2) is 42.0 Å². The fraction of sp³-hybridized carbons (Fsp3) is 0.571. The van der Waals surface area contributed by atoms with Gasteiger partial charge in [-0.25, -0.2) is 4.98 Å². The van der Waals surface area contributed by atoms with Gasteiger partial charge in [0.2, 0.25) is 11.0 Å². The van der Waals surface area contributed by atoms with Crippen LogP contribution in [0.5, 0.6) is 5.75 Å². The van der Waals surface area contributed by atoms with Crippen molar-refractivity contribution in [1.82, 2.24) is 14.7 Å². The molecular weight excluding hydrogens is 372 g/mol. The number of carbonyl (C=O) groups is 1. The van der Waals surface area contributed by atoms with Crippen LogP contribution in [0, 0.1) is 11.8 Å². The molecular formula is C21H30N4O2S. The third-order valence-corrected chi connectivity index (χ3v) is 5.85. The van der Waals surface area contributed by atoms with Crippen LogP contribution in [-0.2, 0) is 11.2 Å². The molecule has 6 nitrogen and oxygen atoms in total. The summed E-state index contributed by atoms with van der Waals surface area (Å²) >= 11 is 1.42. The molecule has 1 fully saturated rings. The molecule has 1 aliphatic heterocycles. The first-order chi connectivity index (χ1) is 13.5. The summed E-state index contributed by atoms with van der Waals surface area (Å²) in [4.78, 5) is 19.4. The number of amides is 1. The molecule has 1 unspecified atom stereocenters. The van der Waals surface area contributed by atoms with Crippen molar-refractivity contribution in [3.8, 4) is 5.75 Å². The molecule has 3 rings (SSSR count). The zero-order chi connectivity index (χ0) is 19.9. The number of benzene rings is 1. The summed E-state index contributed by atoms with van der Waals surface area (Å²) in [7, 11) is 1.67. The average molecular weight is 403 g/mol. The average Bonchev–Trinajstić information content (AvgIpc) is 3.16. The van der Waals surface area contributed by atoms with Gasteiger partial charge in [0.25, 0.3) is 0 Å². The van der Waals surface area contributed by atoms with E-state index in [0.29, 0.717) is 12.3 Å². The summed E-state index contributed by atoms with van der Waals surface area (Å²) in [5.41, 5.74) is 1.13. The Labute approximate surface area is 171 Å². The van der Waals surface area contributed by atoms with Gasteiger partial charge in [-0.2, -0.15) is 4.37 Å². The van der Waals surface area contributed by atoms with Crippen molar-refractivity contribution in [2.24, 2.45) is 11.8 Å². The van der Waals surface area contributed by atoms with Gasteiger partial charge < -0.3 is 15.0 Å². The van der Waals surface area contributed by atoms with Crippen LogP contribution in [0.4, 0.5) is 5.13 Å². The minimum atomic E-state index is 0.0339. The lowest BCUT2D eigenvalue weighted by Gasteiger charge is -2.31. The second-order valence-corrected chi connectivity index (χ2v) is 8.51. The Morgan fingerprint density at radius 2 is 2.29 bits per heavy atom. The number of ether oxygens (including phenoxy) is 1. The number of piperidine rings is 1. The van der Waals surface area contributed by atoms with E-state index >= 15 is 0 Å². The van der Waals surface area contributed by atoms with Crippen molar-refractivity contribution in [3.05, 3.63) is 35.7 Å². The van der Waals surface area contributed by atoms with Gasteiger partial charge in [0.15, 0.2) is 0 Å². The number of carbonyl (C=O) groups excluding carboxylic acids is 1. The highest BCUT2D eigenvalue weighted by Gasteiger charge is 2.27. The van der Waals surface area contributed by atoms with Crippen molar-refractivity contribution >= 4 is 22.6 Å². The number of aromatic nitrogens is 2. The number of methoxy groups -OCH3 is 1. The summed E-state index contributed by atoms with van der Waals surface area (Å²) in [6.45, 7) is 6.77. The van der Waals surface area contributed by atoms with Gasteiger partial charge in [-0.05, 0) is 42.9 Å². The highest BCUT2D eigenvalue weighted by Crippen LogP contribution is 2.26. The molecule has 0 bridgehead atoms. The van der Waals surface area contributed by atoms with Crippen LogP contribution >= 0.6 is 11.5 Å². The molecule has 1 N–H and O–H groups in total. The highest BCUT2D eigenvalue weighted by atomic mass is 32.1. The van der Waals surface area contributed by atoms with E-state index in [9.17, 15) is 4.79 Å². The van der Waals surface area contributed by atoms with Crippen molar-refractivity contribution in [1.29, 1.82) is 0 Å². The van der Waals surface area contributed by atoms with Crippen LogP contribution in [0.3, 0.4) is 0 Å². The Kier molecular flexibility index (Phi) is 7.25. The summed E-state index contributed by atoms with van der Waals surface area (Å²) in [6, 6.07) is 7.98. The van der Waals surface area contributed by atoms with Gasteiger partial charge >= 0.3 is 0 Å². The largest absolute Gasteiger partial charge is 0.497 e. The zero-order valence-electron chi connectivity index (χ0n) is 17.0. The predicted molar refractivity (Wildman–Crippen MR) is 113 cm³/mol. The highest BCUT2D eigenvalue weighted by molar-refractivity contribution is 7.09. The lowest BCUT2D eigenvalue weighted by atomic mass is 9.97. The van der Waals surface area contributed by atoms with Gasteiger partial charge in [0.1, 0.15) is 11.6 Å². The second kappa shape index (κ2) is 9.87. The molecule has 28 heavy (non-hydrogen) atoms.